The van der Waals surface area contributed by atoms with Gasteiger partial charge in [-0.05, 0) is 19.8 Å². The van der Waals surface area contributed by atoms with E-state index in [1.54, 1.807) is 0 Å². The molecule has 0 aliphatic carbocycles. The zero-order valence-electron chi connectivity index (χ0n) is 4.65. The Kier molecular flexibility index (Phi) is 1.66. The van der Waals surface area contributed by atoms with Crippen molar-refractivity contribution in [3.8, 4) is 0 Å². The van der Waals surface area contributed by atoms with E-state index in [9.17, 15) is 0 Å². The van der Waals surface area contributed by atoms with Gasteiger partial charge < -0.3 is 5.32 Å². The van der Waals surface area contributed by atoms with E-state index in [2.05, 4.69) is 21.5 Å². The van der Waals surface area contributed by atoms with Gasteiger partial charge in [-0.1, -0.05) is 0 Å². The first kappa shape index (κ1) is 5.53. The first-order valence-electron chi connectivity index (χ1n) is 2.80. The Balaban J connectivity index is 2.26. The molecule has 0 saturated carbocycles. The lowest BCUT2D eigenvalue weighted by Gasteiger charge is -2.01. The molecule has 1 rings (SSSR count). The molecule has 0 aromatic carbocycles. The largest absolute Gasteiger partial charge is 0.308 e. The maximum absolute atomic E-state index is 3.38. The molecule has 1 aliphatic rings. The minimum Gasteiger partial charge on any atom is -0.308 e. The highest BCUT2D eigenvalue weighted by Gasteiger charge is 2.14. The van der Waals surface area contributed by atoms with Gasteiger partial charge in [-0.25, -0.2) is 0 Å². The van der Waals surface area contributed by atoms with E-state index in [1.807, 2.05) is 0 Å². The van der Waals surface area contributed by atoms with Gasteiger partial charge >= 0.3 is 0 Å². The van der Waals surface area contributed by atoms with Crippen LogP contribution in [0.5, 0.6) is 0 Å². The van der Waals surface area contributed by atoms with Crippen LogP contribution >= 0.6 is 9.24 Å². The monoisotopic (exact) mass is 117 g/mol. The molecule has 0 aromatic rings. The Morgan fingerprint density at radius 3 is 2.43 bits per heavy atom. The SMILES string of the molecule is C[C@H]1CCC(P)N1. The predicted molar refractivity (Wildman–Crippen MR) is 35.3 cm³/mol. The molecule has 1 heterocycles. The zero-order valence-corrected chi connectivity index (χ0v) is 5.80. The van der Waals surface area contributed by atoms with Gasteiger partial charge in [-0.3, -0.25) is 0 Å². The van der Waals surface area contributed by atoms with Crippen molar-refractivity contribution in [2.24, 2.45) is 0 Å². The summed E-state index contributed by atoms with van der Waals surface area (Å²) < 4.78 is 0. The number of hydrogen-bond acceptors (Lipinski definition) is 1. The summed E-state index contributed by atoms with van der Waals surface area (Å²) in [5, 5.41) is 3.38. The molecule has 42 valence electrons. The van der Waals surface area contributed by atoms with Gasteiger partial charge in [0.15, 0.2) is 0 Å². The van der Waals surface area contributed by atoms with Gasteiger partial charge in [-0.15, -0.1) is 9.24 Å². The van der Waals surface area contributed by atoms with Crippen molar-refractivity contribution < 1.29 is 0 Å². The highest BCUT2D eigenvalue weighted by Crippen LogP contribution is 2.15. The number of nitrogens with one attached hydrogen (secondary N) is 1. The van der Waals surface area contributed by atoms with Crippen LogP contribution < -0.4 is 5.32 Å². The van der Waals surface area contributed by atoms with Crippen molar-refractivity contribution in [3.05, 3.63) is 0 Å². The summed E-state index contributed by atoms with van der Waals surface area (Å²) in [5.41, 5.74) is 0. The highest BCUT2D eigenvalue weighted by atomic mass is 31.0. The molecule has 0 bridgehead atoms. The van der Waals surface area contributed by atoms with Crippen LogP contribution in [-0.2, 0) is 0 Å². The van der Waals surface area contributed by atoms with E-state index in [1.165, 1.54) is 12.8 Å². The van der Waals surface area contributed by atoms with Crippen molar-refractivity contribution in [3.63, 3.8) is 0 Å². The molecule has 1 aliphatic heterocycles. The molecule has 1 N–H and O–H groups in total. The lowest BCUT2D eigenvalue weighted by molar-refractivity contribution is 0.652. The normalized spacial score (nSPS) is 42.0. The van der Waals surface area contributed by atoms with Crippen molar-refractivity contribution >= 4 is 9.24 Å². The second-order valence-electron chi connectivity index (χ2n) is 2.25. The topological polar surface area (TPSA) is 12.0 Å². The standard InChI is InChI=1S/C5H12NP/c1-4-2-3-5(7)6-4/h4-6H,2-3,7H2,1H3/t4-,5?/m0/s1. The van der Waals surface area contributed by atoms with E-state index in [0.29, 0.717) is 5.78 Å². The average molecular weight is 117 g/mol. The smallest absolute Gasteiger partial charge is 0.0214 e. The summed E-state index contributed by atoms with van der Waals surface area (Å²) in [7, 11) is 2.79. The van der Waals surface area contributed by atoms with Crippen LogP contribution in [0, 0.1) is 0 Å². The fourth-order valence-electron chi connectivity index (χ4n) is 0.962. The molecule has 2 heteroatoms. The summed E-state index contributed by atoms with van der Waals surface area (Å²) in [6.07, 6.45) is 2.67. The third-order valence-electron chi connectivity index (χ3n) is 1.41. The molecule has 7 heavy (non-hydrogen) atoms. The second-order valence-corrected chi connectivity index (χ2v) is 3.06. The van der Waals surface area contributed by atoms with E-state index >= 15 is 0 Å². The molecule has 0 aromatic heterocycles. The van der Waals surface area contributed by atoms with Gasteiger partial charge in [-0.2, -0.15) is 0 Å². The Bertz CT molecular complexity index is 57.1. The van der Waals surface area contributed by atoms with Crippen molar-refractivity contribution in [2.45, 2.75) is 31.6 Å². The van der Waals surface area contributed by atoms with Crippen molar-refractivity contribution in [1.29, 1.82) is 0 Å². The quantitative estimate of drug-likeness (QED) is 0.466. The van der Waals surface area contributed by atoms with Crippen LogP contribution in [0.15, 0.2) is 0 Å². The average Bonchev–Trinajstić information content (AvgIpc) is 1.87. The minimum absolute atomic E-state index is 0.690. The summed E-state index contributed by atoms with van der Waals surface area (Å²) in [6.45, 7) is 2.23. The maximum atomic E-state index is 3.38. The van der Waals surface area contributed by atoms with Gasteiger partial charge in [0.05, 0.1) is 0 Å². The van der Waals surface area contributed by atoms with Crippen LogP contribution in [0.2, 0.25) is 0 Å². The molecule has 1 fully saturated rings. The molecule has 0 amide bonds. The summed E-state index contributed by atoms with van der Waals surface area (Å²) in [6, 6.07) is 0.752. The Morgan fingerprint density at radius 2 is 2.29 bits per heavy atom. The fraction of sp³-hybridized carbons (Fsp3) is 1.00. The first-order valence-corrected chi connectivity index (χ1v) is 3.47. The molecular formula is C5H12NP. The summed E-state index contributed by atoms with van der Waals surface area (Å²) in [4.78, 5) is 0. The molecule has 1 nitrogen and oxygen atoms in total. The fourth-order valence-corrected chi connectivity index (χ4v) is 1.48. The molecule has 3 atom stereocenters. The highest BCUT2D eigenvalue weighted by molar-refractivity contribution is 7.17. The number of hydrogen-bond donors (Lipinski definition) is 1. The Hall–Kier alpha value is 0.390. The zero-order chi connectivity index (χ0) is 5.28. The summed E-state index contributed by atoms with van der Waals surface area (Å²) in [5.74, 6) is 0.690. The van der Waals surface area contributed by atoms with Gasteiger partial charge in [0, 0.05) is 11.8 Å². The Morgan fingerprint density at radius 1 is 1.57 bits per heavy atom. The van der Waals surface area contributed by atoms with Crippen LogP contribution in [-0.4, -0.2) is 11.8 Å². The van der Waals surface area contributed by atoms with Crippen molar-refractivity contribution in [2.75, 3.05) is 0 Å². The molecule has 0 spiro atoms. The van der Waals surface area contributed by atoms with Crippen LogP contribution in [0.3, 0.4) is 0 Å². The molecular weight excluding hydrogens is 105 g/mol. The summed E-state index contributed by atoms with van der Waals surface area (Å²) >= 11 is 0. The van der Waals surface area contributed by atoms with Crippen LogP contribution in [0.1, 0.15) is 19.8 Å². The molecule has 2 unspecified atom stereocenters. The lowest BCUT2D eigenvalue weighted by Crippen LogP contribution is -2.21. The molecule has 1 saturated heterocycles. The van der Waals surface area contributed by atoms with Crippen LogP contribution in [0.4, 0.5) is 0 Å². The van der Waals surface area contributed by atoms with E-state index in [0.717, 1.165) is 6.04 Å². The van der Waals surface area contributed by atoms with Crippen LogP contribution in [0.25, 0.3) is 0 Å². The number of rotatable bonds is 0. The lowest BCUT2D eigenvalue weighted by atomic mass is 10.3. The maximum Gasteiger partial charge on any atom is 0.0214 e. The van der Waals surface area contributed by atoms with E-state index in [-0.39, 0.29) is 0 Å². The third-order valence-corrected chi connectivity index (χ3v) is 1.94. The Labute approximate surface area is 47.1 Å². The van der Waals surface area contributed by atoms with Gasteiger partial charge in [0.1, 0.15) is 0 Å². The van der Waals surface area contributed by atoms with Gasteiger partial charge in [0.2, 0.25) is 0 Å². The van der Waals surface area contributed by atoms with E-state index in [4.69, 9.17) is 0 Å². The van der Waals surface area contributed by atoms with Gasteiger partial charge in [0.25, 0.3) is 0 Å². The van der Waals surface area contributed by atoms with E-state index < -0.39 is 0 Å². The van der Waals surface area contributed by atoms with Crippen molar-refractivity contribution in [1.82, 2.24) is 5.32 Å². The third kappa shape index (κ3) is 1.40. The predicted octanol–water partition coefficient (Wildman–Crippen LogP) is 0.959. The molecule has 0 radical (unpaired) electrons. The first-order chi connectivity index (χ1) is 3.29. The second kappa shape index (κ2) is 2.11. The minimum atomic E-state index is 0.690.